The van der Waals surface area contributed by atoms with Crippen molar-refractivity contribution in [3.05, 3.63) is 71.2 Å². The number of fused-ring (bicyclic) bond motifs is 1. The van der Waals surface area contributed by atoms with Crippen molar-refractivity contribution >= 4 is 44.0 Å². The van der Waals surface area contributed by atoms with Gasteiger partial charge in [-0.3, -0.25) is 9.10 Å². The van der Waals surface area contributed by atoms with Gasteiger partial charge in [0, 0.05) is 11.6 Å². The number of hydrogen-bond acceptors (Lipinski definition) is 4. The minimum absolute atomic E-state index is 0.227. The number of hydrogen-bond donors (Lipinski definition) is 1. The summed E-state index contributed by atoms with van der Waals surface area (Å²) in [7, 11) is -2.36. The molecular formula is C23H25ClN2O4S. The van der Waals surface area contributed by atoms with E-state index < -0.39 is 22.0 Å². The van der Waals surface area contributed by atoms with Crippen molar-refractivity contribution < 1.29 is 17.9 Å². The lowest BCUT2D eigenvalue weighted by Gasteiger charge is -2.31. The molecule has 0 aromatic heterocycles. The van der Waals surface area contributed by atoms with Crippen LogP contribution in [0, 0.1) is 0 Å². The third-order valence-electron chi connectivity index (χ3n) is 4.99. The quantitative estimate of drug-likeness (QED) is 0.541. The Labute approximate surface area is 187 Å². The molecule has 164 valence electrons. The summed E-state index contributed by atoms with van der Waals surface area (Å²) in [5, 5.41) is 5.40. The number of nitrogens with zero attached hydrogens (tertiary/aromatic N) is 1. The molecule has 31 heavy (non-hydrogen) atoms. The topological polar surface area (TPSA) is 75.7 Å². The third-order valence-corrected chi connectivity index (χ3v) is 6.39. The summed E-state index contributed by atoms with van der Waals surface area (Å²) in [4.78, 5) is 13.1. The second kappa shape index (κ2) is 9.58. The Morgan fingerprint density at radius 2 is 1.81 bits per heavy atom. The standard InChI is InChI=1S/C23H25ClN2O4S/c1-4-20(26(31(3,28)29)21-14-19(24)11-12-22(21)30-2)23(27)25-15-16-9-10-17-7-5-6-8-18(17)13-16/h5-14,20H,4,15H2,1-3H3,(H,25,27)/t20-/m0/s1. The van der Waals surface area contributed by atoms with Gasteiger partial charge in [0.1, 0.15) is 11.8 Å². The highest BCUT2D eigenvalue weighted by Gasteiger charge is 2.33. The molecular weight excluding hydrogens is 436 g/mol. The summed E-state index contributed by atoms with van der Waals surface area (Å²) in [5.41, 5.74) is 1.15. The van der Waals surface area contributed by atoms with E-state index in [2.05, 4.69) is 5.32 Å². The first-order valence-corrected chi connectivity index (χ1v) is 12.1. The third kappa shape index (κ3) is 5.29. The summed E-state index contributed by atoms with van der Waals surface area (Å²) in [5.74, 6) is -0.0845. The second-order valence-corrected chi connectivity index (χ2v) is 9.49. The Morgan fingerprint density at radius 3 is 2.45 bits per heavy atom. The van der Waals surface area contributed by atoms with Crippen LogP contribution in [-0.4, -0.2) is 33.7 Å². The van der Waals surface area contributed by atoms with E-state index in [0.29, 0.717) is 10.8 Å². The van der Waals surface area contributed by atoms with Crippen molar-refractivity contribution in [3.8, 4) is 5.75 Å². The molecule has 1 atom stereocenters. The van der Waals surface area contributed by atoms with Gasteiger partial charge < -0.3 is 10.1 Å². The van der Waals surface area contributed by atoms with Gasteiger partial charge in [-0.2, -0.15) is 0 Å². The molecule has 0 bridgehead atoms. The van der Waals surface area contributed by atoms with Crippen LogP contribution in [0.15, 0.2) is 60.7 Å². The van der Waals surface area contributed by atoms with Gasteiger partial charge in [-0.15, -0.1) is 0 Å². The lowest BCUT2D eigenvalue weighted by Crippen LogP contribution is -2.49. The van der Waals surface area contributed by atoms with Crippen molar-refractivity contribution in [1.82, 2.24) is 5.32 Å². The van der Waals surface area contributed by atoms with Gasteiger partial charge in [0.25, 0.3) is 0 Å². The molecule has 3 aromatic rings. The van der Waals surface area contributed by atoms with Crippen LogP contribution >= 0.6 is 11.6 Å². The molecule has 1 amide bonds. The van der Waals surface area contributed by atoms with Gasteiger partial charge in [0.2, 0.25) is 15.9 Å². The van der Waals surface area contributed by atoms with Crippen molar-refractivity contribution in [2.24, 2.45) is 0 Å². The molecule has 0 aliphatic rings. The van der Waals surface area contributed by atoms with Crippen molar-refractivity contribution in [3.63, 3.8) is 0 Å². The van der Waals surface area contributed by atoms with Crippen LogP contribution in [0.5, 0.6) is 5.75 Å². The van der Waals surface area contributed by atoms with Gasteiger partial charge in [-0.1, -0.05) is 54.9 Å². The highest BCUT2D eigenvalue weighted by molar-refractivity contribution is 7.92. The highest BCUT2D eigenvalue weighted by Crippen LogP contribution is 2.34. The highest BCUT2D eigenvalue weighted by atomic mass is 35.5. The minimum Gasteiger partial charge on any atom is -0.495 e. The molecule has 3 aromatic carbocycles. The predicted octanol–water partition coefficient (Wildman–Crippen LogP) is 4.36. The van der Waals surface area contributed by atoms with Gasteiger partial charge in [-0.05, 0) is 47.0 Å². The molecule has 0 saturated carbocycles. The van der Waals surface area contributed by atoms with Crippen molar-refractivity contribution in [2.45, 2.75) is 25.9 Å². The molecule has 8 heteroatoms. The molecule has 0 spiro atoms. The minimum atomic E-state index is -3.80. The number of benzene rings is 3. The predicted molar refractivity (Wildman–Crippen MR) is 125 cm³/mol. The first kappa shape index (κ1) is 22.9. The first-order chi connectivity index (χ1) is 14.7. The SMILES string of the molecule is CC[C@@H](C(=O)NCc1ccc2ccccc2c1)N(c1cc(Cl)ccc1OC)S(C)(=O)=O. The van der Waals surface area contributed by atoms with Gasteiger partial charge >= 0.3 is 0 Å². The molecule has 0 aliphatic carbocycles. The zero-order chi connectivity index (χ0) is 22.6. The normalized spacial score (nSPS) is 12.4. The van der Waals surface area contributed by atoms with E-state index in [-0.39, 0.29) is 18.7 Å². The summed E-state index contributed by atoms with van der Waals surface area (Å²) >= 11 is 6.11. The van der Waals surface area contributed by atoms with Crippen LogP contribution < -0.4 is 14.4 Å². The molecule has 0 radical (unpaired) electrons. The molecule has 6 nitrogen and oxygen atoms in total. The van der Waals surface area contributed by atoms with Crippen LogP contribution in [0.4, 0.5) is 5.69 Å². The van der Waals surface area contributed by atoms with Crippen LogP contribution in [-0.2, 0) is 21.4 Å². The summed E-state index contributed by atoms with van der Waals surface area (Å²) in [6.45, 7) is 2.04. The van der Waals surface area contributed by atoms with E-state index in [4.69, 9.17) is 16.3 Å². The maximum atomic E-state index is 13.1. The van der Waals surface area contributed by atoms with Gasteiger partial charge in [-0.25, -0.2) is 8.42 Å². The second-order valence-electron chi connectivity index (χ2n) is 7.20. The first-order valence-electron chi connectivity index (χ1n) is 9.83. The molecule has 0 heterocycles. The molecule has 0 saturated heterocycles. The molecule has 0 aliphatic heterocycles. The largest absolute Gasteiger partial charge is 0.495 e. The monoisotopic (exact) mass is 460 g/mol. The Kier molecular flexibility index (Phi) is 7.08. The smallest absolute Gasteiger partial charge is 0.244 e. The lowest BCUT2D eigenvalue weighted by molar-refractivity contribution is -0.122. The van der Waals surface area contributed by atoms with Gasteiger partial charge in [0.15, 0.2) is 0 Å². The number of methoxy groups -OCH3 is 1. The number of carbonyl (C=O) groups excluding carboxylic acids is 1. The zero-order valence-electron chi connectivity index (χ0n) is 17.6. The van der Waals surface area contributed by atoms with E-state index in [9.17, 15) is 13.2 Å². The number of halogens is 1. The summed E-state index contributed by atoms with van der Waals surface area (Å²) in [6.07, 6.45) is 1.33. The van der Waals surface area contributed by atoms with Crippen LogP contribution in [0.1, 0.15) is 18.9 Å². The fourth-order valence-corrected chi connectivity index (χ4v) is 4.90. The lowest BCUT2D eigenvalue weighted by atomic mass is 10.1. The Hall–Kier alpha value is -2.77. The maximum absolute atomic E-state index is 13.1. The Morgan fingerprint density at radius 1 is 1.10 bits per heavy atom. The number of nitrogens with one attached hydrogen (secondary N) is 1. The number of carbonyl (C=O) groups is 1. The van der Waals surface area contributed by atoms with Crippen LogP contribution in [0.25, 0.3) is 10.8 Å². The molecule has 0 fully saturated rings. The number of rotatable bonds is 8. The number of amides is 1. The van der Waals surface area contributed by atoms with Crippen LogP contribution in [0.3, 0.4) is 0 Å². The van der Waals surface area contributed by atoms with E-state index in [1.165, 1.54) is 13.2 Å². The maximum Gasteiger partial charge on any atom is 0.244 e. The number of sulfonamides is 1. The zero-order valence-corrected chi connectivity index (χ0v) is 19.2. The summed E-state index contributed by atoms with van der Waals surface area (Å²) in [6, 6.07) is 17.6. The fraction of sp³-hybridized carbons (Fsp3) is 0.261. The molecule has 0 unspecified atom stereocenters. The fourth-order valence-electron chi connectivity index (χ4n) is 3.53. The van der Waals surface area contributed by atoms with E-state index in [1.54, 1.807) is 19.1 Å². The van der Waals surface area contributed by atoms with Gasteiger partial charge in [0.05, 0.1) is 19.1 Å². The van der Waals surface area contributed by atoms with Crippen LogP contribution in [0.2, 0.25) is 5.02 Å². The van der Waals surface area contributed by atoms with Crippen molar-refractivity contribution in [2.75, 3.05) is 17.7 Å². The van der Waals surface area contributed by atoms with E-state index in [1.807, 2.05) is 42.5 Å². The number of anilines is 1. The van der Waals surface area contributed by atoms with E-state index >= 15 is 0 Å². The Bertz CT molecular complexity index is 1200. The average molecular weight is 461 g/mol. The van der Waals surface area contributed by atoms with E-state index in [0.717, 1.165) is 26.9 Å². The molecule has 1 N–H and O–H groups in total. The summed E-state index contributed by atoms with van der Waals surface area (Å²) < 4.78 is 31.8. The Balaban J connectivity index is 1.88. The average Bonchev–Trinajstić information content (AvgIpc) is 2.74. The molecule has 3 rings (SSSR count). The van der Waals surface area contributed by atoms with Crippen molar-refractivity contribution in [1.29, 1.82) is 0 Å². The number of ether oxygens (including phenoxy) is 1.